The summed E-state index contributed by atoms with van der Waals surface area (Å²) in [6.07, 6.45) is 0. The van der Waals surface area contributed by atoms with Crippen LogP contribution < -0.4 is 10.1 Å². The lowest BCUT2D eigenvalue weighted by molar-refractivity contribution is -0.139. The number of amides is 2. The molecule has 0 aromatic heterocycles. The van der Waals surface area contributed by atoms with Gasteiger partial charge in [-0.15, -0.1) is 0 Å². The van der Waals surface area contributed by atoms with Crippen molar-refractivity contribution < 1.29 is 24.2 Å². The number of carbonyl (C=O) groups excluding carboxylic acids is 2. The summed E-state index contributed by atoms with van der Waals surface area (Å²) in [6, 6.07) is 1.86. The summed E-state index contributed by atoms with van der Waals surface area (Å²) in [4.78, 5) is 25.8. The molecule has 1 aromatic rings. The van der Waals surface area contributed by atoms with Crippen molar-refractivity contribution >= 4 is 23.6 Å². The highest BCUT2D eigenvalue weighted by molar-refractivity contribution is 6.32. The fourth-order valence-electron chi connectivity index (χ4n) is 2.47. The van der Waals surface area contributed by atoms with Crippen molar-refractivity contribution in [1.29, 1.82) is 0 Å². The number of esters is 1. The van der Waals surface area contributed by atoms with E-state index in [-0.39, 0.29) is 29.2 Å². The van der Waals surface area contributed by atoms with Crippen LogP contribution in [-0.4, -0.2) is 42.8 Å². The third-order valence-electron chi connectivity index (χ3n) is 3.85. The number of urea groups is 1. The van der Waals surface area contributed by atoms with Crippen LogP contribution in [0, 0.1) is 0 Å². The number of phenols is 1. The van der Waals surface area contributed by atoms with Crippen molar-refractivity contribution in [2.75, 3.05) is 20.8 Å². The largest absolute Gasteiger partial charge is 0.503 e. The number of methoxy groups -OCH3 is 1. The van der Waals surface area contributed by atoms with Crippen LogP contribution in [0.25, 0.3) is 0 Å². The smallest absolute Gasteiger partial charge is 0.338 e. The minimum Gasteiger partial charge on any atom is -0.503 e. The number of aromatic hydroxyl groups is 1. The minimum absolute atomic E-state index is 0.0541. The Labute approximate surface area is 144 Å². The number of nitrogens with zero attached hydrogens (tertiary/aromatic N) is 1. The van der Waals surface area contributed by atoms with Gasteiger partial charge in [-0.25, -0.2) is 9.59 Å². The lowest BCUT2D eigenvalue weighted by atomic mass is 9.94. The number of carbonyl (C=O) groups is 2. The van der Waals surface area contributed by atoms with Crippen LogP contribution in [-0.2, 0) is 9.53 Å². The number of hydrogen-bond acceptors (Lipinski definition) is 5. The van der Waals surface area contributed by atoms with E-state index >= 15 is 0 Å². The molecule has 8 heteroatoms. The van der Waals surface area contributed by atoms with E-state index in [1.165, 1.54) is 24.1 Å². The highest BCUT2D eigenvalue weighted by atomic mass is 35.5. The van der Waals surface area contributed by atoms with Crippen LogP contribution in [0.2, 0.25) is 5.02 Å². The van der Waals surface area contributed by atoms with Crippen LogP contribution in [0.15, 0.2) is 23.4 Å². The van der Waals surface area contributed by atoms with Crippen molar-refractivity contribution in [3.63, 3.8) is 0 Å². The first-order valence-electron chi connectivity index (χ1n) is 7.30. The monoisotopic (exact) mass is 354 g/mol. The van der Waals surface area contributed by atoms with Gasteiger partial charge in [0.2, 0.25) is 0 Å². The molecule has 2 N–H and O–H groups in total. The van der Waals surface area contributed by atoms with E-state index in [9.17, 15) is 14.7 Å². The Bertz CT molecular complexity index is 717. The Morgan fingerprint density at radius 2 is 2.12 bits per heavy atom. The van der Waals surface area contributed by atoms with Gasteiger partial charge in [-0.3, -0.25) is 0 Å². The molecular weight excluding hydrogens is 336 g/mol. The Balaban J connectivity index is 2.60. The van der Waals surface area contributed by atoms with Gasteiger partial charge >= 0.3 is 12.0 Å². The second kappa shape index (κ2) is 7.00. The molecule has 1 aromatic carbocycles. The summed E-state index contributed by atoms with van der Waals surface area (Å²) in [6.45, 7) is 3.57. The number of allylic oxidation sites excluding steroid dienone is 1. The van der Waals surface area contributed by atoms with E-state index < -0.39 is 12.0 Å². The van der Waals surface area contributed by atoms with Gasteiger partial charge in [0, 0.05) is 12.7 Å². The molecule has 1 atom stereocenters. The number of hydrogen-bond donors (Lipinski definition) is 2. The average Bonchev–Trinajstić information content (AvgIpc) is 2.54. The normalized spacial score (nSPS) is 17.6. The van der Waals surface area contributed by atoms with Crippen molar-refractivity contribution in [2.45, 2.75) is 19.9 Å². The maximum atomic E-state index is 12.4. The van der Waals surface area contributed by atoms with Gasteiger partial charge in [-0.2, -0.15) is 0 Å². The summed E-state index contributed by atoms with van der Waals surface area (Å²) >= 11 is 6.02. The molecule has 0 bridgehead atoms. The Morgan fingerprint density at radius 1 is 1.46 bits per heavy atom. The molecule has 0 aliphatic carbocycles. The molecule has 1 aliphatic rings. The molecule has 0 saturated heterocycles. The summed E-state index contributed by atoms with van der Waals surface area (Å²) in [5, 5.41) is 12.7. The lowest BCUT2D eigenvalue weighted by Gasteiger charge is -2.33. The van der Waals surface area contributed by atoms with E-state index in [0.717, 1.165) is 0 Å². The zero-order valence-electron chi connectivity index (χ0n) is 13.8. The predicted octanol–water partition coefficient (Wildman–Crippen LogP) is 2.59. The fourth-order valence-corrected chi connectivity index (χ4v) is 2.69. The maximum Gasteiger partial charge on any atom is 0.338 e. The molecule has 130 valence electrons. The molecule has 2 amide bonds. The SMILES string of the molecule is CCOC(=O)C1=C(C)N(C)C(=O)N[C@H]1c1cc(Cl)c(O)c(OC)c1. The van der Waals surface area contributed by atoms with Gasteiger partial charge in [-0.05, 0) is 31.5 Å². The molecule has 0 fully saturated rings. The Kier molecular flexibility index (Phi) is 5.23. The summed E-state index contributed by atoms with van der Waals surface area (Å²) < 4.78 is 10.2. The van der Waals surface area contributed by atoms with E-state index in [4.69, 9.17) is 21.1 Å². The highest BCUT2D eigenvalue weighted by Gasteiger charge is 2.35. The number of rotatable bonds is 4. The lowest BCUT2D eigenvalue weighted by Crippen LogP contribution is -2.46. The number of nitrogens with one attached hydrogen (secondary N) is 1. The third-order valence-corrected chi connectivity index (χ3v) is 4.14. The summed E-state index contributed by atoms with van der Waals surface area (Å²) in [5.74, 6) is -0.595. The molecule has 0 radical (unpaired) electrons. The van der Waals surface area contributed by atoms with Crippen molar-refractivity contribution in [3.8, 4) is 11.5 Å². The Morgan fingerprint density at radius 3 is 2.71 bits per heavy atom. The first-order chi connectivity index (χ1) is 11.3. The van der Waals surface area contributed by atoms with Crippen LogP contribution in [0.4, 0.5) is 4.79 Å². The zero-order valence-corrected chi connectivity index (χ0v) is 14.6. The molecule has 0 spiro atoms. The number of phenolic OH excluding ortho intramolecular Hbond substituents is 1. The van der Waals surface area contributed by atoms with Gasteiger partial charge in [0.15, 0.2) is 11.5 Å². The van der Waals surface area contributed by atoms with Crippen LogP contribution in [0.3, 0.4) is 0 Å². The summed E-state index contributed by atoms with van der Waals surface area (Å²) in [5.41, 5.74) is 1.27. The van der Waals surface area contributed by atoms with Crippen LogP contribution in [0.1, 0.15) is 25.5 Å². The van der Waals surface area contributed by atoms with Gasteiger partial charge < -0.3 is 24.8 Å². The van der Waals surface area contributed by atoms with Crippen molar-refractivity contribution in [3.05, 3.63) is 34.0 Å². The van der Waals surface area contributed by atoms with E-state index in [1.807, 2.05) is 0 Å². The molecular formula is C16H19ClN2O5. The number of halogens is 1. The number of benzene rings is 1. The maximum absolute atomic E-state index is 12.4. The first-order valence-corrected chi connectivity index (χ1v) is 7.68. The second-order valence-corrected chi connectivity index (χ2v) is 5.62. The quantitative estimate of drug-likeness (QED) is 0.811. The first kappa shape index (κ1) is 17.9. The molecule has 0 saturated carbocycles. The predicted molar refractivity (Wildman–Crippen MR) is 88.0 cm³/mol. The van der Waals surface area contributed by atoms with Gasteiger partial charge in [0.05, 0.1) is 30.4 Å². The standard InChI is InChI=1S/C16H19ClN2O5/c1-5-24-15(21)12-8(2)19(3)16(22)18-13(12)9-6-10(17)14(20)11(7-9)23-4/h6-7,13,20H,5H2,1-4H3,(H,18,22)/t13-/m0/s1. The molecule has 1 aliphatic heterocycles. The number of ether oxygens (including phenoxy) is 2. The van der Waals surface area contributed by atoms with E-state index in [2.05, 4.69) is 5.32 Å². The zero-order chi connectivity index (χ0) is 18.0. The van der Waals surface area contributed by atoms with Crippen LogP contribution >= 0.6 is 11.6 Å². The summed E-state index contributed by atoms with van der Waals surface area (Å²) in [7, 11) is 2.94. The van der Waals surface area contributed by atoms with Gasteiger partial charge in [0.1, 0.15) is 0 Å². The fraction of sp³-hybridized carbons (Fsp3) is 0.375. The topological polar surface area (TPSA) is 88.1 Å². The van der Waals surface area contributed by atoms with Crippen molar-refractivity contribution in [2.24, 2.45) is 0 Å². The Hall–Kier alpha value is -2.41. The molecule has 7 nitrogen and oxygen atoms in total. The minimum atomic E-state index is -0.764. The van der Waals surface area contributed by atoms with E-state index in [1.54, 1.807) is 20.9 Å². The van der Waals surface area contributed by atoms with Crippen LogP contribution in [0.5, 0.6) is 11.5 Å². The van der Waals surface area contributed by atoms with Crippen molar-refractivity contribution in [1.82, 2.24) is 10.2 Å². The third kappa shape index (κ3) is 3.12. The van der Waals surface area contributed by atoms with Gasteiger partial charge in [0.25, 0.3) is 0 Å². The highest BCUT2D eigenvalue weighted by Crippen LogP contribution is 2.39. The second-order valence-electron chi connectivity index (χ2n) is 5.21. The molecule has 1 heterocycles. The van der Waals surface area contributed by atoms with E-state index in [0.29, 0.717) is 16.8 Å². The van der Waals surface area contributed by atoms with Gasteiger partial charge in [-0.1, -0.05) is 11.6 Å². The average molecular weight is 355 g/mol. The molecule has 2 rings (SSSR count). The molecule has 0 unspecified atom stereocenters. The molecule has 24 heavy (non-hydrogen) atoms.